The van der Waals surface area contributed by atoms with Crippen molar-refractivity contribution in [3.05, 3.63) is 98.6 Å². The maximum Gasteiger partial charge on any atom is 0.387 e. The van der Waals surface area contributed by atoms with E-state index in [9.17, 15) is 25.3 Å². The molecule has 0 radical (unpaired) electrons. The fourth-order valence-corrected chi connectivity index (χ4v) is 3.59. The SMILES string of the molecule is COc1ccccc1OCCN(Cc1ccccc1)CC(O)COc1cccc([N+](=O)[O-])c1[N+](=O)[O-]. The molecule has 190 valence electrons. The summed E-state index contributed by atoms with van der Waals surface area (Å²) in [6.45, 7) is 1.18. The third-order valence-corrected chi connectivity index (χ3v) is 5.24. The van der Waals surface area contributed by atoms with Crippen molar-refractivity contribution < 1.29 is 29.2 Å². The third kappa shape index (κ3) is 7.39. The van der Waals surface area contributed by atoms with Gasteiger partial charge in [0.2, 0.25) is 5.75 Å². The smallest absolute Gasteiger partial charge is 0.387 e. The zero-order valence-corrected chi connectivity index (χ0v) is 19.7. The zero-order chi connectivity index (χ0) is 25.9. The van der Waals surface area contributed by atoms with E-state index in [0.717, 1.165) is 11.6 Å². The molecular formula is C25H27N3O8. The topological polar surface area (TPSA) is 137 Å². The highest BCUT2D eigenvalue weighted by Gasteiger charge is 2.29. The lowest BCUT2D eigenvalue weighted by Crippen LogP contribution is -2.37. The lowest BCUT2D eigenvalue weighted by atomic mass is 10.2. The van der Waals surface area contributed by atoms with Gasteiger partial charge in [-0.25, -0.2) is 0 Å². The molecule has 0 spiro atoms. The molecule has 3 aromatic rings. The van der Waals surface area contributed by atoms with Gasteiger partial charge in [0.15, 0.2) is 11.5 Å². The van der Waals surface area contributed by atoms with E-state index in [0.29, 0.717) is 31.2 Å². The van der Waals surface area contributed by atoms with Crippen LogP contribution in [0.2, 0.25) is 0 Å². The molecule has 11 heteroatoms. The summed E-state index contributed by atoms with van der Waals surface area (Å²) in [6.07, 6.45) is -1.03. The Morgan fingerprint density at radius 3 is 2.19 bits per heavy atom. The van der Waals surface area contributed by atoms with Crippen LogP contribution in [-0.2, 0) is 6.54 Å². The lowest BCUT2D eigenvalue weighted by molar-refractivity contribution is -0.423. The minimum absolute atomic E-state index is 0.174. The van der Waals surface area contributed by atoms with Crippen molar-refractivity contribution in [3.8, 4) is 17.2 Å². The van der Waals surface area contributed by atoms with Gasteiger partial charge in [0.25, 0.3) is 0 Å². The number of methoxy groups -OCH3 is 1. The van der Waals surface area contributed by atoms with E-state index in [4.69, 9.17) is 14.2 Å². The Morgan fingerprint density at radius 1 is 0.861 bits per heavy atom. The summed E-state index contributed by atoms with van der Waals surface area (Å²) in [5.74, 6) is 0.933. The molecule has 3 aromatic carbocycles. The fraction of sp³-hybridized carbons (Fsp3) is 0.280. The minimum atomic E-state index is -1.03. The van der Waals surface area contributed by atoms with Gasteiger partial charge in [0.1, 0.15) is 19.3 Å². The Kier molecular flexibility index (Phi) is 9.55. The van der Waals surface area contributed by atoms with Crippen LogP contribution in [0.25, 0.3) is 0 Å². The van der Waals surface area contributed by atoms with Crippen molar-refractivity contribution in [2.75, 3.05) is 33.4 Å². The van der Waals surface area contributed by atoms with Gasteiger partial charge in [-0.15, -0.1) is 0 Å². The Hall–Kier alpha value is -4.22. The van der Waals surface area contributed by atoms with E-state index in [1.54, 1.807) is 19.2 Å². The Bertz CT molecular complexity index is 1160. The Morgan fingerprint density at radius 2 is 1.53 bits per heavy atom. The van der Waals surface area contributed by atoms with E-state index in [1.807, 2.05) is 47.4 Å². The minimum Gasteiger partial charge on any atom is -0.493 e. The molecule has 11 nitrogen and oxygen atoms in total. The van der Waals surface area contributed by atoms with E-state index >= 15 is 0 Å². The van der Waals surface area contributed by atoms with Crippen LogP contribution in [0.4, 0.5) is 11.4 Å². The van der Waals surface area contributed by atoms with Gasteiger partial charge < -0.3 is 19.3 Å². The van der Waals surface area contributed by atoms with Crippen LogP contribution < -0.4 is 14.2 Å². The molecule has 1 atom stereocenters. The molecule has 0 aliphatic rings. The maximum absolute atomic E-state index is 11.4. The molecule has 0 bridgehead atoms. The number of aliphatic hydroxyl groups is 1. The molecular weight excluding hydrogens is 470 g/mol. The predicted octanol–water partition coefficient (Wildman–Crippen LogP) is 3.83. The first kappa shape index (κ1) is 26.4. The van der Waals surface area contributed by atoms with Gasteiger partial charge in [0, 0.05) is 25.7 Å². The summed E-state index contributed by atoms with van der Waals surface area (Å²) in [4.78, 5) is 22.8. The molecule has 0 aliphatic heterocycles. The Labute approximate surface area is 207 Å². The summed E-state index contributed by atoms with van der Waals surface area (Å²) in [5, 5.41) is 33.2. The number of hydrogen-bond acceptors (Lipinski definition) is 9. The standard InChI is InChI=1S/C25H27N3O8/c1-34-22-11-5-6-12-23(22)35-15-14-26(16-19-8-3-2-4-9-19)17-20(29)18-36-24-13-7-10-21(27(30)31)25(24)28(32)33/h2-13,20,29H,14-18H2,1H3. The molecule has 0 heterocycles. The molecule has 0 aliphatic carbocycles. The van der Waals surface area contributed by atoms with E-state index < -0.39 is 27.3 Å². The number of ether oxygens (including phenoxy) is 3. The van der Waals surface area contributed by atoms with Crippen molar-refractivity contribution in [2.45, 2.75) is 12.6 Å². The number of para-hydroxylation sites is 3. The van der Waals surface area contributed by atoms with Crippen molar-refractivity contribution in [1.82, 2.24) is 4.90 Å². The monoisotopic (exact) mass is 497 g/mol. The second-order valence-electron chi connectivity index (χ2n) is 7.82. The van der Waals surface area contributed by atoms with Gasteiger partial charge in [0.05, 0.1) is 17.0 Å². The van der Waals surface area contributed by atoms with Gasteiger partial charge >= 0.3 is 11.4 Å². The molecule has 36 heavy (non-hydrogen) atoms. The van der Waals surface area contributed by atoms with Crippen molar-refractivity contribution in [2.24, 2.45) is 0 Å². The molecule has 0 amide bonds. The second-order valence-corrected chi connectivity index (χ2v) is 7.82. The van der Waals surface area contributed by atoms with Gasteiger partial charge in [-0.1, -0.05) is 48.5 Å². The quantitative estimate of drug-likeness (QED) is 0.260. The fourth-order valence-electron chi connectivity index (χ4n) is 3.59. The highest BCUT2D eigenvalue weighted by Crippen LogP contribution is 2.36. The first-order chi connectivity index (χ1) is 17.4. The van der Waals surface area contributed by atoms with Gasteiger partial charge in [-0.3, -0.25) is 25.1 Å². The zero-order valence-electron chi connectivity index (χ0n) is 19.7. The van der Waals surface area contributed by atoms with Crippen molar-refractivity contribution in [1.29, 1.82) is 0 Å². The number of hydrogen-bond donors (Lipinski definition) is 1. The summed E-state index contributed by atoms with van der Waals surface area (Å²) < 4.78 is 16.6. The molecule has 0 saturated carbocycles. The van der Waals surface area contributed by atoms with Gasteiger partial charge in [-0.2, -0.15) is 0 Å². The van der Waals surface area contributed by atoms with E-state index in [1.165, 1.54) is 12.1 Å². The van der Waals surface area contributed by atoms with Crippen molar-refractivity contribution in [3.63, 3.8) is 0 Å². The number of aliphatic hydroxyl groups excluding tert-OH is 1. The normalized spacial score (nSPS) is 11.6. The predicted molar refractivity (Wildman–Crippen MR) is 131 cm³/mol. The highest BCUT2D eigenvalue weighted by molar-refractivity contribution is 5.61. The number of nitrogens with zero attached hydrogens (tertiary/aromatic N) is 3. The number of rotatable bonds is 14. The number of nitro groups is 2. The van der Waals surface area contributed by atoms with E-state index in [-0.39, 0.29) is 18.9 Å². The first-order valence-corrected chi connectivity index (χ1v) is 11.1. The van der Waals surface area contributed by atoms with Gasteiger partial charge in [-0.05, 0) is 23.8 Å². The van der Waals surface area contributed by atoms with Crippen LogP contribution in [0.5, 0.6) is 17.2 Å². The maximum atomic E-state index is 11.4. The molecule has 1 N–H and O–H groups in total. The highest BCUT2D eigenvalue weighted by atomic mass is 16.6. The summed E-state index contributed by atoms with van der Waals surface area (Å²) in [7, 11) is 1.56. The molecule has 3 rings (SSSR count). The summed E-state index contributed by atoms with van der Waals surface area (Å²) >= 11 is 0. The molecule has 0 saturated heterocycles. The average molecular weight is 498 g/mol. The second kappa shape index (κ2) is 13.0. The van der Waals surface area contributed by atoms with Crippen LogP contribution in [0, 0.1) is 20.2 Å². The lowest BCUT2D eigenvalue weighted by Gasteiger charge is -2.25. The molecule has 0 aromatic heterocycles. The van der Waals surface area contributed by atoms with E-state index in [2.05, 4.69) is 0 Å². The largest absolute Gasteiger partial charge is 0.493 e. The Balaban J connectivity index is 1.65. The first-order valence-electron chi connectivity index (χ1n) is 11.1. The van der Waals surface area contributed by atoms with Crippen LogP contribution in [-0.4, -0.2) is 59.4 Å². The van der Waals surface area contributed by atoms with Crippen LogP contribution in [0.15, 0.2) is 72.8 Å². The van der Waals surface area contributed by atoms with Crippen molar-refractivity contribution >= 4 is 11.4 Å². The molecule has 0 fully saturated rings. The van der Waals surface area contributed by atoms with Crippen LogP contribution in [0.3, 0.4) is 0 Å². The number of benzene rings is 3. The molecule has 1 unspecified atom stereocenters. The average Bonchev–Trinajstić information content (AvgIpc) is 2.87. The third-order valence-electron chi connectivity index (χ3n) is 5.24. The number of nitro benzene ring substituents is 2. The summed E-state index contributed by atoms with van der Waals surface area (Å²) in [6, 6.07) is 20.5. The summed E-state index contributed by atoms with van der Waals surface area (Å²) in [5.41, 5.74) is -0.399. The van der Waals surface area contributed by atoms with Crippen LogP contribution in [0.1, 0.15) is 5.56 Å². The van der Waals surface area contributed by atoms with Crippen LogP contribution >= 0.6 is 0 Å².